The van der Waals surface area contributed by atoms with Gasteiger partial charge in [-0.1, -0.05) is 44.2 Å². The Bertz CT molecular complexity index is 861. The summed E-state index contributed by atoms with van der Waals surface area (Å²) in [5.41, 5.74) is 0.700. The highest BCUT2D eigenvalue weighted by atomic mass is 32.2. The minimum Gasteiger partial charge on any atom is -0.393 e. The molecule has 0 aromatic heterocycles. The molecule has 0 aliphatic carbocycles. The van der Waals surface area contributed by atoms with Crippen LogP contribution in [0.3, 0.4) is 0 Å². The van der Waals surface area contributed by atoms with E-state index < -0.39 is 28.3 Å². The van der Waals surface area contributed by atoms with Gasteiger partial charge in [-0.25, -0.2) is 4.79 Å². The predicted molar refractivity (Wildman–Crippen MR) is 101 cm³/mol. The van der Waals surface area contributed by atoms with Crippen molar-refractivity contribution in [3.05, 3.63) is 65.7 Å². The van der Waals surface area contributed by atoms with Crippen LogP contribution in [-0.2, 0) is 20.7 Å². The summed E-state index contributed by atoms with van der Waals surface area (Å²) in [5, 5.41) is 20.0. The smallest absolute Gasteiger partial charge is 0.354 e. The zero-order valence-electron chi connectivity index (χ0n) is 15.3. The van der Waals surface area contributed by atoms with Gasteiger partial charge in [0.1, 0.15) is 4.90 Å². The highest BCUT2D eigenvalue weighted by molar-refractivity contribution is 7.87. The molecule has 2 rings (SSSR count). The summed E-state index contributed by atoms with van der Waals surface area (Å²) in [5.74, 6) is -0.940. The molecular weight excluding hydrogens is 368 g/mol. The zero-order valence-corrected chi connectivity index (χ0v) is 16.1. The Morgan fingerprint density at radius 3 is 2.33 bits per heavy atom. The van der Waals surface area contributed by atoms with Gasteiger partial charge < -0.3 is 14.4 Å². The Morgan fingerprint density at radius 1 is 1.04 bits per heavy atom. The monoisotopic (exact) mass is 392 g/mol. The minimum absolute atomic E-state index is 0.0174. The molecule has 2 aromatic rings. The van der Waals surface area contributed by atoms with Gasteiger partial charge in [-0.3, -0.25) is 0 Å². The molecule has 146 valence electrons. The lowest BCUT2D eigenvalue weighted by Crippen LogP contribution is -2.24. The first-order valence-electron chi connectivity index (χ1n) is 8.68. The van der Waals surface area contributed by atoms with Crippen molar-refractivity contribution in [1.82, 2.24) is 0 Å². The van der Waals surface area contributed by atoms with Gasteiger partial charge in [-0.2, -0.15) is 8.42 Å². The maximum atomic E-state index is 12.4. The van der Waals surface area contributed by atoms with Gasteiger partial charge in [-0.15, -0.1) is 0 Å². The Balaban J connectivity index is 2.10. The first kappa shape index (κ1) is 21.1. The summed E-state index contributed by atoms with van der Waals surface area (Å²) in [6.07, 6.45) is -1.08. The molecule has 7 heteroatoms. The topological polar surface area (TPSA) is 101 Å². The molecule has 2 atom stereocenters. The average molecular weight is 392 g/mol. The number of carbonyl (C=O) groups is 1. The fourth-order valence-electron chi connectivity index (χ4n) is 2.50. The van der Waals surface area contributed by atoms with Crippen molar-refractivity contribution in [2.45, 2.75) is 43.8 Å². The molecule has 0 aliphatic heterocycles. The molecule has 6 nitrogen and oxygen atoms in total. The van der Waals surface area contributed by atoms with Gasteiger partial charge in [0.2, 0.25) is 0 Å². The van der Waals surface area contributed by atoms with Crippen LogP contribution in [0.4, 0.5) is 0 Å². The zero-order chi connectivity index (χ0) is 20.0. The minimum atomic E-state index is -4.28. The first-order chi connectivity index (χ1) is 12.7. The van der Waals surface area contributed by atoms with Crippen LogP contribution in [0.1, 0.15) is 36.2 Å². The van der Waals surface area contributed by atoms with Gasteiger partial charge in [-0.05, 0) is 48.6 Å². The van der Waals surface area contributed by atoms with Crippen LogP contribution in [0.5, 0.6) is 0 Å². The third-order valence-corrected chi connectivity index (χ3v) is 5.34. The van der Waals surface area contributed by atoms with E-state index in [2.05, 4.69) is 0 Å². The lowest BCUT2D eigenvalue weighted by atomic mass is 9.97. The van der Waals surface area contributed by atoms with Crippen molar-refractivity contribution in [2.24, 2.45) is 5.92 Å². The summed E-state index contributed by atoms with van der Waals surface area (Å²) < 4.78 is 29.4. The van der Waals surface area contributed by atoms with Crippen LogP contribution in [0.15, 0.2) is 59.5 Å². The molecule has 2 N–H and O–H groups in total. The number of benzene rings is 2. The second kappa shape index (κ2) is 9.12. The summed E-state index contributed by atoms with van der Waals surface area (Å²) in [4.78, 5) is 11.8. The number of carbonyl (C=O) groups excluding carboxylic acids is 1. The van der Waals surface area contributed by atoms with Gasteiger partial charge in [0.15, 0.2) is 0 Å². The van der Waals surface area contributed by atoms with E-state index in [1.165, 1.54) is 30.3 Å². The molecule has 0 fully saturated rings. The fraction of sp³-hybridized carbons (Fsp3) is 0.350. The third kappa shape index (κ3) is 6.16. The average Bonchev–Trinajstić information content (AvgIpc) is 2.62. The van der Waals surface area contributed by atoms with Crippen molar-refractivity contribution in [2.75, 3.05) is 0 Å². The first-order valence-corrected chi connectivity index (χ1v) is 10.1. The Morgan fingerprint density at radius 2 is 1.70 bits per heavy atom. The molecule has 0 saturated carbocycles. The summed E-state index contributed by atoms with van der Waals surface area (Å²) in [6, 6.07) is 13.7. The van der Waals surface area contributed by atoms with Crippen LogP contribution in [0.2, 0.25) is 0 Å². The van der Waals surface area contributed by atoms with Crippen LogP contribution in [0, 0.1) is 5.92 Å². The molecular formula is C20H24O6S. The molecule has 0 spiro atoms. The fourth-order valence-corrected chi connectivity index (χ4v) is 3.44. The highest BCUT2D eigenvalue weighted by Crippen LogP contribution is 2.19. The van der Waals surface area contributed by atoms with E-state index >= 15 is 0 Å². The second-order valence-corrected chi connectivity index (χ2v) is 8.29. The highest BCUT2D eigenvalue weighted by Gasteiger charge is 2.22. The van der Waals surface area contributed by atoms with E-state index in [-0.39, 0.29) is 29.2 Å². The van der Waals surface area contributed by atoms with E-state index in [4.69, 9.17) is 4.18 Å². The summed E-state index contributed by atoms with van der Waals surface area (Å²) in [6.45, 7) is 3.71. The maximum Gasteiger partial charge on any atom is 0.354 e. The van der Waals surface area contributed by atoms with Crippen molar-refractivity contribution in [3.8, 4) is 0 Å². The molecule has 0 saturated heterocycles. The molecule has 0 aliphatic rings. The van der Waals surface area contributed by atoms with Crippen molar-refractivity contribution in [3.63, 3.8) is 0 Å². The van der Waals surface area contributed by atoms with Crippen LogP contribution >= 0.6 is 0 Å². The Hall–Kier alpha value is -2.22. The number of hydrogen-bond acceptors (Lipinski definition) is 6. The SMILES string of the molecule is CC(C)C(O)CC(O)Cc1cccc(S(=O)(=O)OC(=O)c2ccccc2)c1. The number of aliphatic hydroxyl groups excluding tert-OH is 2. The lowest BCUT2D eigenvalue weighted by Gasteiger charge is -2.18. The molecule has 2 aromatic carbocycles. The Kier molecular flexibility index (Phi) is 7.12. The normalized spacial score (nSPS) is 14.0. The molecule has 0 heterocycles. The quantitative estimate of drug-likeness (QED) is 0.670. The largest absolute Gasteiger partial charge is 0.393 e. The summed E-state index contributed by atoms with van der Waals surface area (Å²) in [7, 11) is -4.28. The summed E-state index contributed by atoms with van der Waals surface area (Å²) >= 11 is 0. The van der Waals surface area contributed by atoms with Gasteiger partial charge in [0.05, 0.1) is 17.8 Å². The molecule has 2 unspecified atom stereocenters. The third-order valence-electron chi connectivity index (χ3n) is 4.14. The molecule has 27 heavy (non-hydrogen) atoms. The number of rotatable bonds is 8. The van der Waals surface area contributed by atoms with Crippen molar-refractivity contribution >= 4 is 16.1 Å². The van der Waals surface area contributed by atoms with Crippen molar-refractivity contribution < 1.29 is 27.6 Å². The van der Waals surface area contributed by atoms with Crippen molar-refractivity contribution in [1.29, 1.82) is 0 Å². The van der Waals surface area contributed by atoms with E-state index in [0.717, 1.165) is 0 Å². The van der Waals surface area contributed by atoms with E-state index in [0.29, 0.717) is 5.56 Å². The molecule has 0 amide bonds. The van der Waals surface area contributed by atoms with Crippen LogP contribution < -0.4 is 0 Å². The van der Waals surface area contributed by atoms with Gasteiger partial charge >= 0.3 is 16.1 Å². The number of aliphatic hydroxyl groups is 2. The van der Waals surface area contributed by atoms with E-state index in [9.17, 15) is 23.4 Å². The Labute approximate surface area is 159 Å². The maximum absolute atomic E-state index is 12.4. The lowest BCUT2D eigenvalue weighted by molar-refractivity contribution is 0.0538. The molecule has 0 radical (unpaired) electrons. The standard InChI is InChI=1S/C20H24O6S/c1-14(2)19(22)13-17(21)11-15-7-6-10-18(12-15)27(24,25)26-20(23)16-8-4-3-5-9-16/h3-10,12,14,17,19,21-22H,11,13H2,1-2H3. The van der Waals surface area contributed by atoms with Crippen LogP contribution in [0.25, 0.3) is 0 Å². The van der Waals surface area contributed by atoms with Crippen LogP contribution in [-0.4, -0.2) is 36.8 Å². The van der Waals surface area contributed by atoms with Gasteiger partial charge in [0.25, 0.3) is 0 Å². The second-order valence-electron chi connectivity index (χ2n) is 6.74. The van der Waals surface area contributed by atoms with E-state index in [1.54, 1.807) is 24.3 Å². The predicted octanol–water partition coefficient (Wildman–Crippen LogP) is 2.54. The molecule has 0 bridgehead atoms. The number of hydrogen-bond donors (Lipinski definition) is 2. The van der Waals surface area contributed by atoms with E-state index in [1.807, 2.05) is 13.8 Å². The van der Waals surface area contributed by atoms with Gasteiger partial charge in [0, 0.05) is 0 Å².